The summed E-state index contributed by atoms with van der Waals surface area (Å²) in [7, 11) is 0. The SMILES string of the molecule is CC(=O)OC12CC3CC4(C(=O)I)CC(C1)C32C4. The third-order valence-corrected chi connectivity index (χ3v) is 7.26. The van der Waals surface area contributed by atoms with Crippen molar-refractivity contribution in [2.75, 3.05) is 0 Å². The Labute approximate surface area is 114 Å². The van der Waals surface area contributed by atoms with E-state index in [4.69, 9.17) is 4.74 Å². The summed E-state index contributed by atoms with van der Waals surface area (Å²) in [6.07, 6.45) is 5.11. The molecule has 4 heteroatoms. The molecular formula is C13H15IO3. The van der Waals surface area contributed by atoms with Crippen molar-refractivity contribution in [3.63, 3.8) is 0 Å². The first-order valence-corrected chi connectivity index (χ1v) is 7.42. The summed E-state index contributed by atoms with van der Waals surface area (Å²) in [5, 5.41) is 0. The van der Waals surface area contributed by atoms with E-state index < -0.39 is 0 Å². The summed E-state index contributed by atoms with van der Waals surface area (Å²) in [5.74, 6) is 1.14. The van der Waals surface area contributed by atoms with Crippen molar-refractivity contribution in [2.45, 2.75) is 44.6 Å². The zero-order valence-electron chi connectivity index (χ0n) is 9.79. The average molecular weight is 346 g/mol. The number of halogens is 1. The van der Waals surface area contributed by atoms with Crippen LogP contribution in [0.1, 0.15) is 39.0 Å². The summed E-state index contributed by atoms with van der Waals surface area (Å²) in [4.78, 5) is 23.2. The highest BCUT2D eigenvalue weighted by Crippen LogP contribution is 2.87. The van der Waals surface area contributed by atoms with E-state index >= 15 is 0 Å². The third kappa shape index (κ3) is 0.912. The van der Waals surface area contributed by atoms with Gasteiger partial charge < -0.3 is 4.74 Å². The van der Waals surface area contributed by atoms with E-state index in [1.807, 2.05) is 22.6 Å². The predicted octanol–water partition coefficient (Wildman–Crippen LogP) is 2.46. The molecule has 0 amide bonds. The molecule has 0 saturated heterocycles. The molecule has 2 bridgehead atoms. The van der Waals surface area contributed by atoms with Crippen LogP contribution in [0.15, 0.2) is 0 Å². The largest absolute Gasteiger partial charge is 0.459 e. The quantitative estimate of drug-likeness (QED) is 0.438. The van der Waals surface area contributed by atoms with E-state index in [0.29, 0.717) is 15.6 Å². The molecule has 0 aromatic heterocycles. The Bertz CT molecular complexity index is 440. The Morgan fingerprint density at radius 2 is 1.76 bits per heavy atom. The summed E-state index contributed by atoms with van der Waals surface area (Å²) in [5.41, 5.74) is -0.0215. The van der Waals surface area contributed by atoms with Crippen LogP contribution in [0.5, 0.6) is 0 Å². The van der Waals surface area contributed by atoms with Gasteiger partial charge in [0.1, 0.15) is 5.60 Å². The van der Waals surface area contributed by atoms with E-state index in [9.17, 15) is 9.59 Å². The maximum Gasteiger partial charge on any atom is 0.303 e. The van der Waals surface area contributed by atoms with E-state index in [0.717, 1.165) is 32.1 Å². The van der Waals surface area contributed by atoms with Crippen molar-refractivity contribution in [1.82, 2.24) is 0 Å². The minimum atomic E-state index is -0.168. The minimum absolute atomic E-state index is 0.0612. The van der Waals surface area contributed by atoms with E-state index in [2.05, 4.69) is 0 Å². The van der Waals surface area contributed by atoms with Crippen molar-refractivity contribution in [3.05, 3.63) is 0 Å². The van der Waals surface area contributed by atoms with Crippen LogP contribution in [-0.4, -0.2) is 15.4 Å². The van der Waals surface area contributed by atoms with Crippen LogP contribution in [0.2, 0.25) is 0 Å². The Morgan fingerprint density at radius 1 is 1.18 bits per heavy atom. The maximum atomic E-state index is 11.9. The summed E-state index contributed by atoms with van der Waals surface area (Å²) in [6.45, 7) is 1.51. The number of carbonyl (C=O) groups excluding carboxylic acids is 2. The number of hydrogen-bond donors (Lipinski definition) is 0. The molecule has 4 aliphatic carbocycles. The smallest absolute Gasteiger partial charge is 0.303 e. The molecule has 2 atom stereocenters. The van der Waals surface area contributed by atoms with Crippen molar-refractivity contribution in [1.29, 1.82) is 0 Å². The van der Waals surface area contributed by atoms with Crippen LogP contribution in [0.25, 0.3) is 0 Å². The fourth-order valence-electron chi connectivity index (χ4n) is 5.81. The lowest BCUT2D eigenvalue weighted by molar-refractivity contribution is -0.311. The summed E-state index contributed by atoms with van der Waals surface area (Å²) in [6, 6.07) is 0. The molecule has 17 heavy (non-hydrogen) atoms. The number of fused-ring (bicyclic) bond motifs is 1. The first-order valence-electron chi connectivity index (χ1n) is 6.34. The van der Waals surface area contributed by atoms with E-state index in [1.54, 1.807) is 0 Å². The number of ether oxygens (including phenoxy) is 1. The first-order chi connectivity index (χ1) is 7.94. The molecule has 92 valence electrons. The number of carbonyl (C=O) groups is 2. The highest BCUT2D eigenvalue weighted by molar-refractivity contribution is 14.1. The van der Waals surface area contributed by atoms with Gasteiger partial charge in [-0.1, -0.05) is 0 Å². The lowest BCUT2D eigenvalue weighted by atomic mass is 9.35. The Kier molecular flexibility index (Phi) is 1.73. The fourth-order valence-corrected chi connectivity index (χ4v) is 6.44. The minimum Gasteiger partial charge on any atom is -0.459 e. The number of esters is 1. The molecule has 0 aromatic carbocycles. The van der Waals surface area contributed by atoms with Gasteiger partial charge >= 0.3 is 5.97 Å². The van der Waals surface area contributed by atoms with Gasteiger partial charge in [0.05, 0.1) is 0 Å². The van der Waals surface area contributed by atoms with Gasteiger partial charge in [-0.05, 0) is 43.9 Å². The highest BCUT2D eigenvalue weighted by atomic mass is 127. The van der Waals surface area contributed by atoms with Crippen LogP contribution >= 0.6 is 22.6 Å². The zero-order chi connectivity index (χ0) is 12.1. The second kappa shape index (κ2) is 2.73. The molecular weight excluding hydrogens is 331 g/mol. The summed E-state index contributed by atoms with van der Waals surface area (Å²) >= 11 is 1.98. The van der Waals surface area contributed by atoms with E-state index in [-0.39, 0.29) is 22.4 Å². The molecule has 0 aromatic rings. The molecule has 4 aliphatic rings. The lowest BCUT2D eigenvalue weighted by Gasteiger charge is -2.72. The van der Waals surface area contributed by atoms with Gasteiger partial charge in [-0.2, -0.15) is 0 Å². The highest BCUT2D eigenvalue weighted by Gasteiger charge is 2.87. The molecule has 3 nitrogen and oxygen atoms in total. The normalized spacial score (nSPS) is 56.8. The maximum absolute atomic E-state index is 11.9. The van der Waals surface area contributed by atoms with Crippen LogP contribution < -0.4 is 0 Å². The van der Waals surface area contributed by atoms with Crippen molar-refractivity contribution in [3.8, 4) is 0 Å². The molecule has 0 radical (unpaired) electrons. The van der Waals surface area contributed by atoms with Crippen LogP contribution in [0, 0.1) is 22.7 Å². The third-order valence-electron chi connectivity index (χ3n) is 6.12. The summed E-state index contributed by atoms with van der Waals surface area (Å²) < 4.78 is 5.98. The van der Waals surface area contributed by atoms with Crippen molar-refractivity contribution >= 4 is 32.4 Å². The molecule has 0 N–H and O–H groups in total. The second-order valence-electron chi connectivity index (χ2n) is 6.57. The van der Waals surface area contributed by atoms with Crippen LogP contribution in [0.4, 0.5) is 0 Å². The average Bonchev–Trinajstić information content (AvgIpc) is 2.65. The van der Waals surface area contributed by atoms with Crippen LogP contribution in [0.3, 0.4) is 0 Å². The number of rotatable bonds is 2. The Hall–Kier alpha value is -0.130. The molecule has 0 aliphatic heterocycles. The Balaban J connectivity index is 1.71. The molecule has 1 spiro atoms. The number of hydrogen-bond acceptors (Lipinski definition) is 3. The Morgan fingerprint density at radius 3 is 2.24 bits per heavy atom. The lowest BCUT2D eigenvalue weighted by Crippen LogP contribution is -2.74. The first kappa shape index (κ1) is 10.8. The predicted molar refractivity (Wildman–Crippen MR) is 68.5 cm³/mol. The second-order valence-corrected chi connectivity index (χ2v) is 7.55. The van der Waals surface area contributed by atoms with Gasteiger partial charge in [0, 0.05) is 40.3 Å². The van der Waals surface area contributed by atoms with Gasteiger partial charge in [-0.15, -0.1) is 0 Å². The van der Waals surface area contributed by atoms with Crippen molar-refractivity contribution in [2.24, 2.45) is 22.7 Å². The van der Waals surface area contributed by atoms with E-state index in [1.165, 1.54) is 6.92 Å². The molecule has 0 heterocycles. The molecule has 4 saturated carbocycles. The monoisotopic (exact) mass is 346 g/mol. The molecule has 4 fully saturated rings. The van der Waals surface area contributed by atoms with Crippen LogP contribution in [-0.2, 0) is 14.3 Å². The van der Waals surface area contributed by atoms with Gasteiger partial charge in [0.2, 0.25) is 0 Å². The topological polar surface area (TPSA) is 43.4 Å². The standard InChI is InChI=1S/C13H15IO3/c1-7(15)17-12-4-8-2-11(10(14)16)3-9(5-12)13(8,12)6-11/h8-9H,2-6H2,1H3. The van der Waals surface area contributed by atoms with Gasteiger partial charge in [0.15, 0.2) is 3.79 Å². The fraction of sp³-hybridized carbons (Fsp3) is 0.846. The van der Waals surface area contributed by atoms with Gasteiger partial charge in [-0.3, -0.25) is 9.59 Å². The van der Waals surface area contributed by atoms with Gasteiger partial charge in [0.25, 0.3) is 0 Å². The molecule has 4 rings (SSSR count). The molecule has 2 unspecified atom stereocenters. The van der Waals surface area contributed by atoms with Gasteiger partial charge in [-0.25, -0.2) is 0 Å². The zero-order valence-corrected chi connectivity index (χ0v) is 12.0. The van der Waals surface area contributed by atoms with Crippen molar-refractivity contribution < 1.29 is 14.3 Å².